The summed E-state index contributed by atoms with van der Waals surface area (Å²) < 4.78 is 16.9. The zero-order valence-electron chi connectivity index (χ0n) is 21.4. The number of carbonyl (C=O) groups is 1. The zero-order chi connectivity index (χ0) is 26.2. The van der Waals surface area contributed by atoms with E-state index in [0.29, 0.717) is 28.8 Å². The van der Waals surface area contributed by atoms with Crippen molar-refractivity contribution in [3.63, 3.8) is 0 Å². The lowest BCUT2D eigenvalue weighted by Crippen LogP contribution is -2.36. The van der Waals surface area contributed by atoms with Crippen LogP contribution < -0.4 is 14.8 Å². The van der Waals surface area contributed by atoms with E-state index in [9.17, 15) is 9.90 Å². The summed E-state index contributed by atoms with van der Waals surface area (Å²) in [5.41, 5.74) is 4.60. The van der Waals surface area contributed by atoms with Crippen LogP contribution >= 0.6 is 0 Å². The predicted octanol–water partition coefficient (Wildman–Crippen LogP) is 2.33. The molecule has 3 N–H and O–H groups in total. The Balaban J connectivity index is 1.79. The lowest BCUT2D eigenvalue weighted by molar-refractivity contribution is -0.124. The molecule has 36 heavy (non-hydrogen) atoms. The van der Waals surface area contributed by atoms with Gasteiger partial charge in [-0.3, -0.25) is 4.79 Å². The molecule has 1 unspecified atom stereocenters. The van der Waals surface area contributed by atoms with Crippen molar-refractivity contribution in [2.75, 3.05) is 40.5 Å². The number of methoxy groups -OCH3 is 1. The van der Waals surface area contributed by atoms with Crippen LogP contribution in [0.1, 0.15) is 23.6 Å². The molecule has 1 aromatic heterocycles. The van der Waals surface area contributed by atoms with Crippen LogP contribution in [0.4, 0.5) is 0 Å². The van der Waals surface area contributed by atoms with Crippen molar-refractivity contribution in [3.05, 3.63) is 47.0 Å². The molecule has 2 aromatic carbocycles. The average molecular weight is 499 g/mol. The smallest absolute Gasteiger partial charge is 0.258 e. The standard InChI is InChI=1S/C26H34N4O6/c1-6-30(4)13-18-7-16(2)8-20(10-18)26-28-25(29-36-26)19-9-17(3)24(22(11-19)34-5)35-15-21(32)12-27-23(33)14-31/h7-11,21,31-32H,6,12-15H2,1-5H3,(H,27,33). The highest BCUT2D eigenvalue weighted by Gasteiger charge is 2.18. The molecule has 0 spiro atoms. The van der Waals surface area contributed by atoms with Crippen molar-refractivity contribution in [3.8, 4) is 34.3 Å². The number of hydrogen-bond donors (Lipinski definition) is 3. The molecule has 1 heterocycles. The number of benzene rings is 2. The van der Waals surface area contributed by atoms with Gasteiger partial charge in [0.25, 0.3) is 5.89 Å². The lowest BCUT2D eigenvalue weighted by atomic mass is 10.1. The molecule has 0 aliphatic heterocycles. The summed E-state index contributed by atoms with van der Waals surface area (Å²) in [6.45, 7) is 7.04. The molecule has 10 nitrogen and oxygen atoms in total. The SMILES string of the molecule is CCN(C)Cc1cc(C)cc(-c2nc(-c3cc(C)c(OCC(O)CNC(=O)CO)c(OC)c3)no2)c1. The maximum absolute atomic E-state index is 11.1. The van der Waals surface area contributed by atoms with E-state index in [1.807, 2.05) is 26.0 Å². The van der Waals surface area contributed by atoms with E-state index in [1.165, 1.54) is 12.7 Å². The monoisotopic (exact) mass is 498 g/mol. The van der Waals surface area contributed by atoms with Gasteiger partial charge in [-0.2, -0.15) is 4.98 Å². The molecule has 0 saturated heterocycles. The Labute approximate surface area is 210 Å². The predicted molar refractivity (Wildman–Crippen MR) is 135 cm³/mol. The van der Waals surface area contributed by atoms with Crippen LogP contribution in [0.2, 0.25) is 0 Å². The highest BCUT2D eigenvalue weighted by Crippen LogP contribution is 2.36. The summed E-state index contributed by atoms with van der Waals surface area (Å²) in [6.07, 6.45) is -0.958. The quantitative estimate of drug-likeness (QED) is 0.344. The van der Waals surface area contributed by atoms with E-state index in [1.54, 1.807) is 6.07 Å². The normalized spacial score (nSPS) is 12.0. The summed E-state index contributed by atoms with van der Waals surface area (Å²) in [5.74, 6) is 1.18. The van der Waals surface area contributed by atoms with Gasteiger partial charge >= 0.3 is 0 Å². The van der Waals surface area contributed by atoms with Gasteiger partial charge < -0.3 is 34.4 Å². The fraction of sp³-hybridized carbons (Fsp3) is 0.423. The molecule has 3 rings (SSSR count). The van der Waals surface area contributed by atoms with Crippen LogP contribution in [0.3, 0.4) is 0 Å². The molecule has 0 fully saturated rings. The minimum absolute atomic E-state index is 0.0418. The minimum Gasteiger partial charge on any atom is -0.493 e. The third kappa shape index (κ3) is 7.03. The number of aryl methyl sites for hydroxylation is 2. The Bertz CT molecular complexity index is 1180. The van der Waals surface area contributed by atoms with Crippen LogP contribution in [0.25, 0.3) is 22.8 Å². The van der Waals surface area contributed by atoms with Crippen LogP contribution in [-0.4, -0.2) is 77.7 Å². The number of hydrogen-bond acceptors (Lipinski definition) is 9. The third-order valence-electron chi connectivity index (χ3n) is 5.62. The van der Waals surface area contributed by atoms with Crippen molar-refractivity contribution in [1.82, 2.24) is 20.4 Å². The highest BCUT2D eigenvalue weighted by molar-refractivity contribution is 5.76. The van der Waals surface area contributed by atoms with Crippen molar-refractivity contribution >= 4 is 5.91 Å². The lowest BCUT2D eigenvalue weighted by Gasteiger charge is -2.17. The molecule has 0 saturated carbocycles. The Morgan fingerprint density at radius 1 is 1.19 bits per heavy atom. The number of nitrogens with one attached hydrogen (secondary N) is 1. The van der Waals surface area contributed by atoms with Gasteiger partial charge in [0.1, 0.15) is 19.3 Å². The Hall–Kier alpha value is -3.47. The molecule has 194 valence electrons. The van der Waals surface area contributed by atoms with E-state index in [0.717, 1.165) is 29.8 Å². The molecule has 3 aromatic rings. The first kappa shape index (κ1) is 27.1. The van der Waals surface area contributed by atoms with Gasteiger partial charge in [-0.1, -0.05) is 23.7 Å². The van der Waals surface area contributed by atoms with Gasteiger partial charge in [0.2, 0.25) is 11.7 Å². The number of carbonyl (C=O) groups excluding carboxylic acids is 1. The summed E-state index contributed by atoms with van der Waals surface area (Å²) in [7, 11) is 3.60. The number of rotatable bonds is 12. The number of aliphatic hydroxyl groups excluding tert-OH is 2. The molecule has 1 amide bonds. The number of amides is 1. The zero-order valence-corrected chi connectivity index (χ0v) is 21.4. The number of nitrogens with zero attached hydrogens (tertiary/aromatic N) is 3. The van der Waals surface area contributed by atoms with Crippen molar-refractivity contribution in [2.24, 2.45) is 0 Å². The molecule has 1 atom stereocenters. The maximum Gasteiger partial charge on any atom is 0.258 e. The molecular formula is C26H34N4O6. The second-order valence-electron chi connectivity index (χ2n) is 8.71. The summed E-state index contributed by atoms with van der Waals surface area (Å²) >= 11 is 0. The molecule has 0 bridgehead atoms. The topological polar surface area (TPSA) is 130 Å². The van der Waals surface area contributed by atoms with Crippen LogP contribution in [0.5, 0.6) is 11.5 Å². The fourth-order valence-corrected chi connectivity index (χ4v) is 3.69. The third-order valence-corrected chi connectivity index (χ3v) is 5.62. The number of aromatic nitrogens is 2. The van der Waals surface area contributed by atoms with Gasteiger partial charge in [0.05, 0.1) is 7.11 Å². The van der Waals surface area contributed by atoms with Crippen molar-refractivity contribution in [2.45, 2.75) is 33.4 Å². The first-order valence-electron chi connectivity index (χ1n) is 11.7. The number of aliphatic hydroxyl groups is 2. The van der Waals surface area contributed by atoms with E-state index >= 15 is 0 Å². The van der Waals surface area contributed by atoms with Crippen LogP contribution in [0.15, 0.2) is 34.9 Å². The second-order valence-corrected chi connectivity index (χ2v) is 8.71. The Morgan fingerprint density at radius 2 is 1.97 bits per heavy atom. The largest absolute Gasteiger partial charge is 0.493 e. The summed E-state index contributed by atoms with van der Waals surface area (Å²) in [5, 5.41) is 25.4. The maximum atomic E-state index is 11.1. The first-order chi connectivity index (χ1) is 17.2. The Morgan fingerprint density at radius 3 is 2.67 bits per heavy atom. The summed E-state index contributed by atoms with van der Waals surface area (Å²) in [4.78, 5) is 18.0. The van der Waals surface area contributed by atoms with Gasteiger partial charge in [-0.15, -0.1) is 0 Å². The molecule has 0 aliphatic rings. The van der Waals surface area contributed by atoms with E-state index in [-0.39, 0.29) is 13.2 Å². The minimum atomic E-state index is -0.958. The van der Waals surface area contributed by atoms with Crippen LogP contribution in [-0.2, 0) is 11.3 Å². The van der Waals surface area contributed by atoms with Gasteiger partial charge in [0.15, 0.2) is 11.5 Å². The van der Waals surface area contributed by atoms with Gasteiger partial charge in [-0.05, 0) is 62.8 Å². The highest BCUT2D eigenvalue weighted by atomic mass is 16.5. The van der Waals surface area contributed by atoms with Gasteiger partial charge in [-0.25, -0.2) is 0 Å². The molecule has 10 heteroatoms. The second kappa shape index (κ2) is 12.5. The number of ether oxygens (including phenoxy) is 2. The van der Waals surface area contributed by atoms with E-state index in [4.69, 9.17) is 19.1 Å². The Kier molecular flexibility index (Phi) is 9.40. The fourth-order valence-electron chi connectivity index (χ4n) is 3.69. The molecular weight excluding hydrogens is 464 g/mol. The van der Waals surface area contributed by atoms with Crippen molar-refractivity contribution in [1.29, 1.82) is 0 Å². The summed E-state index contributed by atoms with van der Waals surface area (Å²) in [6, 6.07) is 9.83. The molecule has 0 aliphatic carbocycles. The van der Waals surface area contributed by atoms with Crippen LogP contribution in [0, 0.1) is 13.8 Å². The van der Waals surface area contributed by atoms with E-state index in [2.05, 4.69) is 46.5 Å². The molecule has 0 radical (unpaired) electrons. The average Bonchev–Trinajstić information content (AvgIpc) is 3.36. The van der Waals surface area contributed by atoms with Crippen molar-refractivity contribution < 1.29 is 29.0 Å². The van der Waals surface area contributed by atoms with Gasteiger partial charge in [0, 0.05) is 24.2 Å². The van der Waals surface area contributed by atoms with E-state index < -0.39 is 18.6 Å². The first-order valence-corrected chi connectivity index (χ1v) is 11.7.